The first-order valence-corrected chi connectivity index (χ1v) is 13.9. The van der Waals surface area contributed by atoms with Gasteiger partial charge in [0.15, 0.2) is 0 Å². The predicted molar refractivity (Wildman–Crippen MR) is 160 cm³/mol. The van der Waals surface area contributed by atoms with E-state index in [1.54, 1.807) is 0 Å². The van der Waals surface area contributed by atoms with Crippen molar-refractivity contribution in [1.29, 1.82) is 0 Å². The minimum absolute atomic E-state index is 0.137. The number of nitrogens with zero attached hydrogens (tertiary/aromatic N) is 1. The van der Waals surface area contributed by atoms with Gasteiger partial charge in [-0.2, -0.15) is 0 Å². The van der Waals surface area contributed by atoms with E-state index in [0.717, 1.165) is 30.5 Å². The molecule has 5 rings (SSSR count). The topological polar surface area (TPSA) is 61.8 Å². The minimum atomic E-state index is -0.747. The van der Waals surface area contributed by atoms with E-state index >= 15 is 0 Å². The van der Waals surface area contributed by atoms with Gasteiger partial charge in [-0.25, -0.2) is 0 Å². The molecule has 2 N–H and O–H groups in total. The van der Waals surface area contributed by atoms with E-state index in [9.17, 15) is 9.90 Å². The first kappa shape index (κ1) is 27.6. The second-order valence-corrected chi connectivity index (χ2v) is 11.2. The third-order valence-corrected chi connectivity index (χ3v) is 8.17. The number of fused-ring (bicyclic) bond motifs is 1. The van der Waals surface area contributed by atoms with Crippen molar-refractivity contribution in [2.24, 2.45) is 0 Å². The Labute approximate surface area is 237 Å². The minimum Gasteiger partial charge on any atom is -0.487 e. The lowest BCUT2D eigenvalue weighted by Gasteiger charge is -2.40. The van der Waals surface area contributed by atoms with Crippen LogP contribution in [0.2, 0.25) is 0 Å². The zero-order valence-electron chi connectivity index (χ0n) is 23.6. The molecule has 0 aliphatic heterocycles. The van der Waals surface area contributed by atoms with Gasteiger partial charge >= 0.3 is 0 Å². The number of anilines is 1. The van der Waals surface area contributed by atoms with Crippen LogP contribution in [0.25, 0.3) is 0 Å². The van der Waals surface area contributed by atoms with Crippen LogP contribution >= 0.6 is 0 Å². The fourth-order valence-electron chi connectivity index (χ4n) is 5.76. The van der Waals surface area contributed by atoms with Crippen molar-refractivity contribution in [2.45, 2.75) is 58.4 Å². The molecular formula is C35H38N2O3. The molecule has 5 heteroatoms. The maximum Gasteiger partial charge on any atom is 0.211 e. The van der Waals surface area contributed by atoms with Crippen LogP contribution in [-0.4, -0.2) is 28.5 Å². The fourth-order valence-corrected chi connectivity index (χ4v) is 5.76. The number of ether oxygens (including phenoxy) is 1. The highest BCUT2D eigenvalue weighted by atomic mass is 16.5. The van der Waals surface area contributed by atoms with Crippen LogP contribution in [0.3, 0.4) is 0 Å². The van der Waals surface area contributed by atoms with E-state index in [2.05, 4.69) is 67.4 Å². The van der Waals surface area contributed by atoms with Crippen LogP contribution in [0.4, 0.5) is 5.69 Å². The van der Waals surface area contributed by atoms with E-state index in [1.807, 2.05) is 54.6 Å². The second-order valence-electron chi connectivity index (χ2n) is 11.2. The van der Waals surface area contributed by atoms with Crippen LogP contribution in [-0.2, 0) is 30.8 Å². The number of nitrogens with one attached hydrogen (secondary N) is 1. The molecule has 0 radical (unpaired) electrons. The van der Waals surface area contributed by atoms with E-state index in [1.165, 1.54) is 27.8 Å². The fraction of sp³-hybridized carbons (Fsp3) is 0.286. The maximum absolute atomic E-state index is 11.5. The number of aliphatic hydroxyl groups excluding tert-OH is 1. The first-order valence-electron chi connectivity index (χ1n) is 13.9. The van der Waals surface area contributed by atoms with Crippen molar-refractivity contribution in [3.8, 4) is 5.75 Å². The Bertz CT molecular complexity index is 1420. The molecule has 40 heavy (non-hydrogen) atoms. The molecule has 0 bridgehead atoms. The smallest absolute Gasteiger partial charge is 0.211 e. The lowest BCUT2D eigenvalue weighted by Crippen LogP contribution is -2.48. The maximum atomic E-state index is 11.5. The quantitative estimate of drug-likeness (QED) is 0.214. The molecule has 0 spiro atoms. The summed E-state index contributed by atoms with van der Waals surface area (Å²) in [4.78, 5) is 13.8. The van der Waals surface area contributed by atoms with Gasteiger partial charge in [-0.1, -0.05) is 78.9 Å². The number of aliphatic hydroxyl groups is 1. The monoisotopic (exact) mass is 534 g/mol. The Morgan fingerprint density at radius 3 is 2.10 bits per heavy atom. The zero-order valence-corrected chi connectivity index (χ0v) is 23.6. The summed E-state index contributed by atoms with van der Waals surface area (Å²) in [5.74, 6) is 0.567. The van der Waals surface area contributed by atoms with Gasteiger partial charge in [0.1, 0.15) is 12.4 Å². The summed E-state index contributed by atoms with van der Waals surface area (Å²) in [6.45, 7) is 8.25. The van der Waals surface area contributed by atoms with Gasteiger partial charge in [0.2, 0.25) is 6.41 Å². The van der Waals surface area contributed by atoms with Crippen LogP contribution in [0.15, 0.2) is 91.0 Å². The molecule has 206 valence electrons. The number of aryl methyl sites for hydroxylation is 2. The van der Waals surface area contributed by atoms with E-state index in [-0.39, 0.29) is 5.54 Å². The van der Waals surface area contributed by atoms with Crippen LogP contribution in [0.1, 0.15) is 52.0 Å². The summed E-state index contributed by atoms with van der Waals surface area (Å²) in [5.41, 5.74) is 8.84. The van der Waals surface area contributed by atoms with Gasteiger partial charge in [-0.3, -0.25) is 9.69 Å². The summed E-state index contributed by atoms with van der Waals surface area (Å²) in [6, 6.07) is 30.5. The molecule has 1 aliphatic rings. The van der Waals surface area contributed by atoms with Gasteiger partial charge in [-0.05, 0) is 84.7 Å². The summed E-state index contributed by atoms with van der Waals surface area (Å²) in [7, 11) is 0. The molecule has 0 saturated heterocycles. The lowest BCUT2D eigenvalue weighted by molar-refractivity contribution is -0.105. The van der Waals surface area contributed by atoms with Gasteiger partial charge in [0.05, 0.1) is 11.8 Å². The highest BCUT2D eigenvalue weighted by Crippen LogP contribution is 2.38. The van der Waals surface area contributed by atoms with Crippen molar-refractivity contribution in [3.63, 3.8) is 0 Å². The molecule has 4 aromatic rings. The lowest BCUT2D eigenvalue weighted by atomic mass is 9.93. The number of amides is 1. The normalized spacial score (nSPS) is 14.5. The Morgan fingerprint density at radius 1 is 0.900 bits per heavy atom. The molecule has 5 nitrogen and oxygen atoms in total. The van der Waals surface area contributed by atoms with Gasteiger partial charge in [0, 0.05) is 18.6 Å². The Balaban J connectivity index is 1.38. The van der Waals surface area contributed by atoms with Gasteiger partial charge in [0.25, 0.3) is 0 Å². The number of β-amino-alcohol motifs (C(OH)–C–C–N with tert-alkyl or cyclic N) is 1. The highest BCUT2D eigenvalue weighted by molar-refractivity contribution is 5.76. The largest absolute Gasteiger partial charge is 0.487 e. The van der Waals surface area contributed by atoms with Crippen LogP contribution < -0.4 is 10.1 Å². The number of benzene rings is 4. The SMILES string of the molecule is Cc1cc2c(cc1C)CC(C)(N(Cc1ccccc1)CC(O)c1ccc(OCc3ccccc3)c(NC=O)c1)C2. The number of hydrogen-bond donors (Lipinski definition) is 2. The predicted octanol–water partition coefficient (Wildman–Crippen LogP) is 6.54. The zero-order chi connectivity index (χ0) is 28.1. The summed E-state index contributed by atoms with van der Waals surface area (Å²) < 4.78 is 6.01. The number of hydrogen-bond acceptors (Lipinski definition) is 4. The highest BCUT2D eigenvalue weighted by Gasteiger charge is 2.39. The average molecular weight is 535 g/mol. The molecule has 0 heterocycles. The van der Waals surface area contributed by atoms with Crippen LogP contribution in [0, 0.1) is 13.8 Å². The van der Waals surface area contributed by atoms with Gasteiger partial charge < -0.3 is 15.2 Å². The Morgan fingerprint density at radius 2 is 1.50 bits per heavy atom. The van der Waals surface area contributed by atoms with E-state index in [4.69, 9.17) is 4.74 Å². The summed E-state index contributed by atoms with van der Waals surface area (Å²) in [5, 5.41) is 14.3. The molecule has 1 amide bonds. The molecule has 0 fully saturated rings. The molecule has 4 aromatic carbocycles. The average Bonchev–Trinajstić information content (AvgIpc) is 3.29. The molecule has 0 aromatic heterocycles. The third-order valence-electron chi connectivity index (χ3n) is 8.17. The Kier molecular flexibility index (Phi) is 8.34. The summed E-state index contributed by atoms with van der Waals surface area (Å²) >= 11 is 0. The molecule has 1 aliphatic carbocycles. The van der Waals surface area contributed by atoms with Crippen molar-refractivity contribution in [1.82, 2.24) is 4.90 Å². The van der Waals surface area contributed by atoms with Crippen molar-refractivity contribution < 1.29 is 14.6 Å². The number of carbonyl (C=O) groups excluding carboxylic acids is 1. The standard InChI is InChI=1S/C35H38N2O3/c1-25-16-30-19-35(3,20-31(30)17-26(25)2)37(21-27-10-6-4-7-11-27)22-33(39)29-14-15-34(32(18-29)36-24-38)40-23-28-12-8-5-9-13-28/h4-18,24,33,39H,19-23H2,1-3H3,(H,36,38). The molecule has 0 saturated carbocycles. The second kappa shape index (κ2) is 12.1. The van der Waals surface area contributed by atoms with E-state index in [0.29, 0.717) is 31.0 Å². The van der Waals surface area contributed by atoms with Crippen molar-refractivity contribution in [2.75, 3.05) is 11.9 Å². The third kappa shape index (κ3) is 6.27. The summed E-state index contributed by atoms with van der Waals surface area (Å²) in [6.07, 6.45) is 1.77. The van der Waals surface area contributed by atoms with Gasteiger partial charge in [-0.15, -0.1) is 0 Å². The van der Waals surface area contributed by atoms with Crippen molar-refractivity contribution in [3.05, 3.63) is 130 Å². The van der Waals surface area contributed by atoms with Crippen LogP contribution in [0.5, 0.6) is 5.75 Å². The van der Waals surface area contributed by atoms with Crippen molar-refractivity contribution >= 4 is 12.1 Å². The molecule has 1 atom stereocenters. The number of carbonyl (C=O) groups is 1. The first-order chi connectivity index (χ1) is 19.3. The Hall–Kier alpha value is -3.93. The number of rotatable bonds is 11. The molecule has 1 unspecified atom stereocenters. The van der Waals surface area contributed by atoms with E-state index < -0.39 is 6.10 Å². The molecular weight excluding hydrogens is 496 g/mol.